The summed E-state index contributed by atoms with van der Waals surface area (Å²) in [6.07, 6.45) is 6.41. The highest BCUT2D eigenvalue weighted by molar-refractivity contribution is 7.97. The Balaban J connectivity index is 1.33. The van der Waals surface area contributed by atoms with Crippen LogP contribution >= 0.6 is 11.9 Å². The van der Waals surface area contributed by atoms with E-state index in [1.54, 1.807) is 12.4 Å². The van der Waals surface area contributed by atoms with Crippen molar-refractivity contribution in [2.45, 2.75) is 35.8 Å². The minimum Gasteiger partial charge on any atom is -0.299 e. The Morgan fingerprint density at radius 1 is 1.06 bits per heavy atom. The van der Waals surface area contributed by atoms with Crippen LogP contribution in [0.1, 0.15) is 31.7 Å². The summed E-state index contributed by atoms with van der Waals surface area (Å²) in [6, 6.07) is 17.6. The van der Waals surface area contributed by atoms with Gasteiger partial charge in [0.2, 0.25) is 0 Å². The number of nitrogens with one attached hydrogen (secondary N) is 1. The maximum absolute atomic E-state index is 12.1. The van der Waals surface area contributed by atoms with Crippen LogP contribution in [0, 0.1) is 0 Å². The third kappa shape index (κ3) is 5.80. The number of rotatable bonds is 9. The lowest BCUT2D eigenvalue weighted by Crippen LogP contribution is -2.48. The Kier molecular flexibility index (Phi) is 8.26. The molecule has 4 rings (SSSR count). The molecule has 0 bridgehead atoms. The van der Waals surface area contributed by atoms with Gasteiger partial charge in [-0.25, -0.2) is 9.79 Å². The smallest absolute Gasteiger partial charge is 0.261 e. The van der Waals surface area contributed by atoms with E-state index >= 15 is 0 Å². The van der Waals surface area contributed by atoms with Gasteiger partial charge >= 0.3 is 0 Å². The summed E-state index contributed by atoms with van der Waals surface area (Å²) in [7, 11) is -1.38. The van der Waals surface area contributed by atoms with Crippen molar-refractivity contribution in [1.82, 2.24) is 14.7 Å². The highest BCUT2D eigenvalue weighted by Crippen LogP contribution is 2.31. The van der Waals surface area contributed by atoms with Crippen molar-refractivity contribution in [2.24, 2.45) is 0 Å². The van der Waals surface area contributed by atoms with Gasteiger partial charge in [0.1, 0.15) is 4.75 Å². The van der Waals surface area contributed by atoms with E-state index in [9.17, 15) is 9.00 Å². The van der Waals surface area contributed by atoms with Crippen LogP contribution in [0.2, 0.25) is 0 Å². The molecule has 0 aliphatic carbocycles. The summed E-state index contributed by atoms with van der Waals surface area (Å²) in [6.45, 7) is 6.33. The third-order valence-electron chi connectivity index (χ3n) is 6.91. The van der Waals surface area contributed by atoms with Crippen LogP contribution in [0.5, 0.6) is 0 Å². The van der Waals surface area contributed by atoms with Gasteiger partial charge in [-0.05, 0) is 72.5 Å². The fourth-order valence-corrected chi connectivity index (χ4v) is 5.85. The number of hydrogen-bond acceptors (Lipinski definition) is 6. The van der Waals surface area contributed by atoms with Crippen molar-refractivity contribution in [1.29, 1.82) is 0 Å². The molecule has 2 aliphatic heterocycles. The van der Waals surface area contributed by atoms with Crippen molar-refractivity contribution in [3.8, 4) is 11.1 Å². The molecule has 34 heavy (non-hydrogen) atoms. The Morgan fingerprint density at radius 3 is 2.18 bits per heavy atom. The maximum atomic E-state index is 12.1. The summed E-state index contributed by atoms with van der Waals surface area (Å²) >= 11 is 1.84. The van der Waals surface area contributed by atoms with Gasteiger partial charge in [0.05, 0.1) is 0 Å². The molecule has 1 fully saturated rings. The van der Waals surface area contributed by atoms with Gasteiger partial charge < -0.3 is 0 Å². The minimum absolute atomic E-state index is 0.426. The first-order valence-corrected chi connectivity index (χ1v) is 14.1. The SMILES string of the molecule is CS(=O)C(C)(CCN1CC=C(c2ccc(-c3ccc(SN4CCC4)cc3)cc2)CC1)C(=O)NO. The second-order valence-electron chi connectivity index (χ2n) is 9.13. The normalized spacial score (nSPS) is 19.6. The summed E-state index contributed by atoms with van der Waals surface area (Å²) < 4.78 is 13.4. The van der Waals surface area contributed by atoms with Crippen molar-refractivity contribution in [2.75, 3.05) is 39.0 Å². The monoisotopic (exact) mass is 499 g/mol. The van der Waals surface area contributed by atoms with E-state index in [1.165, 1.54) is 52.9 Å². The van der Waals surface area contributed by atoms with Crippen molar-refractivity contribution < 1.29 is 14.2 Å². The first-order valence-electron chi connectivity index (χ1n) is 11.7. The van der Waals surface area contributed by atoms with E-state index in [4.69, 9.17) is 5.21 Å². The summed E-state index contributed by atoms with van der Waals surface area (Å²) in [5.74, 6) is -0.591. The molecule has 0 saturated carbocycles. The molecule has 2 unspecified atom stereocenters. The molecule has 6 nitrogen and oxygen atoms in total. The van der Waals surface area contributed by atoms with Crippen LogP contribution in [0.15, 0.2) is 59.5 Å². The summed E-state index contributed by atoms with van der Waals surface area (Å²) in [4.78, 5) is 15.5. The highest BCUT2D eigenvalue weighted by atomic mass is 32.2. The molecule has 0 radical (unpaired) electrons. The van der Waals surface area contributed by atoms with Crippen LogP contribution in [0.3, 0.4) is 0 Å². The zero-order chi connectivity index (χ0) is 24.1. The quantitative estimate of drug-likeness (QED) is 0.306. The molecule has 1 amide bonds. The first-order chi connectivity index (χ1) is 16.4. The van der Waals surface area contributed by atoms with Crippen LogP contribution in [-0.4, -0.2) is 68.3 Å². The van der Waals surface area contributed by atoms with Gasteiger partial charge in [-0.1, -0.05) is 42.5 Å². The third-order valence-corrected chi connectivity index (χ3v) is 9.67. The molecule has 2 aromatic carbocycles. The van der Waals surface area contributed by atoms with Crippen LogP contribution in [0.4, 0.5) is 0 Å². The molecule has 2 atom stereocenters. The van der Waals surface area contributed by atoms with Gasteiger partial charge in [0.15, 0.2) is 0 Å². The predicted molar refractivity (Wildman–Crippen MR) is 140 cm³/mol. The zero-order valence-corrected chi connectivity index (χ0v) is 21.5. The number of hydrogen-bond donors (Lipinski definition) is 2. The lowest BCUT2D eigenvalue weighted by Gasteiger charge is -2.31. The van der Waals surface area contributed by atoms with Crippen LogP contribution in [0.25, 0.3) is 16.7 Å². The Labute approximate surface area is 209 Å². The van der Waals surface area contributed by atoms with Gasteiger partial charge in [-0.2, -0.15) is 0 Å². The minimum atomic E-state index is -1.38. The number of carbonyl (C=O) groups is 1. The maximum Gasteiger partial charge on any atom is 0.261 e. The van der Waals surface area contributed by atoms with Gasteiger partial charge in [-0.15, -0.1) is 0 Å². The molecule has 2 aliphatic rings. The first kappa shape index (κ1) is 25.1. The molecule has 1 saturated heterocycles. The Hall–Kier alpha value is -1.97. The molecule has 0 spiro atoms. The average molecular weight is 500 g/mol. The van der Waals surface area contributed by atoms with Crippen molar-refractivity contribution in [3.63, 3.8) is 0 Å². The molecule has 0 aromatic heterocycles. The molecule has 2 N–H and O–H groups in total. The number of benzene rings is 2. The number of hydroxylamine groups is 1. The number of carbonyl (C=O) groups excluding carboxylic acids is 1. The lowest BCUT2D eigenvalue weighted by molar-refractivity contribution is -0.131. The van der Waals surface area contributed by atoms with Gasteiger partial charge in [-0.3, -0.25) is 19.1 Å². The fourth-order valence-electron chi connectivity index (χ4n) is 4.17. The second kappa shape index (κ2) is 11.2. The summed E-state index contributed by atoms with van der Waals surface area (Å²) in [5, 5.41) is 9.00. The Morgan fingerprint density at radius 2 is 1.68 bits per heavy atom. The lowest BCUT2D eigenvalue weighted by atomic mass is 9.96. The van der Waals surface area contributed by atoms with Gasteiger partial charge in [0.25, 0.3) is 5.91 Å². The van der Waals surface area contributed by atoms with E-state index in [2.05, 4.69) is 63.8 Å². The fraction of sp³-hybridized carbons (Fsp3) is 0.423. The highest BCUT2D eigenvalue weighted by Gasteiger charge is 2.37. The molecular formula is C26H33N3O3S2. The van der Waals surface area contributed by atoms with E-state index in [1.807, 2.05) is 11.9 Å². The molecule has 182 valence electrons. The second-order valence-corrected chi connectivity index (χ2v) is 12.1. The van der Waals surface area contributed by atoms with E-state index in [0.29, 0.717) is 13.0 Å². The average Bonchev–Trinajstić information content (AvgIpc) is 2.85. The number of amides is 1. The number of nitrogens with zero attached hydrogens (tertiary/aromatic N) is 2. The Bertz CT molecular complexity index is 1050. The summed E-state index contributed by atoms with van der Waals surface area (Å²) in [5.41, 5.74) is 6.69. The van der Waals surface area contributed by atoms with E-state index in [-0.39, 0.29) is 0 Å². The molecular weight excluding hydrogens is 466 g/mol. The molecule has 8 heteroatoms. The largest absolute Gasteiger partial charge is 0.299 e. The molecule has 2 heterocycles. The van der Waals surface area contributed by atoms with E-state index in [0.717, 1.165) is 19.5 Å². The van der Waals surface area contributed by atoms with Gasteiger partial charge in [0, 0.05) is 54.7 Å². The molecule has 2 aromatic rings. The van der Waals surface area contributed by atoms with Crippen LogP contribution < -0.4 is 5.48 Å². The van der Waals surface area contributed by atoms with E-state index < -0.39 is 21.5 Å². The van der Waals surface area contributed by atoms with Crippen molar-refractivity contribution >= 4 is 34.2 Å². The predicted octanol–water partition coefficient (Wildman–Crippen LogP) is 4.19. The van der Waals surface area contributed by atoms with Crippen molar-refractivity contribution in [3.05, 3.63) is 60.2 Å². The van der Waals surface area contributed by atoms with Crippen LogP contribution in [-0.2, 0) is 15.6 Å². The zero-order valence-electron chi connectivity index (χ0n) is 19.8. The standard InChI is InChI=1S/C26H33N3O3S2/c1-26(34(2)32,25(30)27-31)14-19-28-17-12-23(13-18-28)21-6-4-20(5-7-21)22-8-10-24(11-9-22)33-29-15-3-16-29/h4-12,31H,3,13-19H2,1-2H3,(H,27,30). The topological polar surface area (TPSA) is 72.9 Å².